The van der Waals surface area contributed by atoms with Crippen LogP contribution in [-0.2, 0) is 13.8 Å². The minimum absolute atomic E-state index is 0.0562. The zero-order valence-electron chi connectivity index (χ0n) is 15.2. The topological polar surface area (TPSA) is 171 Å². The Balaban J connectivity index is 2.79. The van der Waals surface area contributed by atoms with Crippen LogP contribution < -0.4 is 11.2 Å². The molecule has 12 heteroatoms. The molecule has 0 amide bonds. The first kappa shape index (κ1) is 23.7. The summed E-state index contributed by atoms with van der Waals surface area (Å²) in [6, 6.07) is 1.06. The van der Waals surface area contributed by atoms with E-state index in [4.69, 9.17) is 14.4 Å². The van der Waals surface area contributed by atoms with Gasteiger partial charge < -0.3 is 29.5 Å². The van der Waals surface area contributed by atoms with Gasteiger partial charge in [0.2, 0.25) is 0 Å². The second kappa shape index (κ2) is 10.9. The Morgan fingerprint density at radius 2 is 1.93 bits per heavy atom. The molecule has 156 valence electrons. The van der Waals surface area contributed by atoms with E-state index in [1.165, 1.54) is 0 Å². The molecular formula is C15H27N2O9P. The monoisotopic (exact) mass is 410 g/mol. The normalized spacial score (nSPS) is 18.4. The van der Waals surface area contributed by atoms with Crippen molar-refractivity contribution in [2.24, 2.45) is 0 Å². The van der Waals surface area contributed by atoms with Crippen LogP contribution in [0.2, 0.25) is 0 Å². The van der Waals surface area contributed by atoms with E-state index in [1.807, 2.05) is 4.98 Å². The van der Waals surface area contributed by atoms with E-state index in [9.17, 15) is 29.3 Å². The van der Waals surface area contributed by atoms with E-state index >= 15 is 0 Å². The highest BCUT2D eigenvalue weighted by Gasteiger charge is 2.32. The number of H-pyrrole nitrogens is 1. The molecule has 0 saturated heterocycles. The summed E-state index contributed by atoms with van der Waals surface area (Å²) in [6.07, 6.45) is -1.76. The zero-order chi connectivity index (χ0) is 20.6. The van der Waals surface area contributed by atoms with Crippen LogP contribution in [0, 0.1) is 0 Å². The van der Waals surface area contributed by atoms with Gasteiger partial charge in [-0.15, -0.1) is 0 Å². The van der Waals surface area contributed by atoms with Gasteiger partial charge in [0.05, 0.1) is 19.3 Å². The van der Waals surface area contributed by atoms with Gasteiger partial charge in [0.15, 0.2) is 12.1 Å². The average Bonchev–Trinajstić information content (AvgIpc) is 2.63. The average molecular weight is 410 g/mol. The van der Waals surface area contributed by atoms with Crippen LogP contribution in [-0.4, -0.2) is 61.0 Å². The third-order valence-corrected chi connectivity index (χ3v) is 5.59. The number of nitrogens with one attached hydrogen (secondary N) is 1. The lowest BCUT2D eigenvalue weighted by molar-refractivity contribution is -0.105. The maximum atomic E-state index is 12.0. The van der Waals surface area contributed by atoms with Gasteiger partial charge >= 0.3 is 13.3 Å². The third kappa shape index (κ3) is 6.96. The van der Waals surface area contributed by atoms with Crippen LogP contribution in [0.25, 0.3) is 0 Å². The molecule has 11 nitrogen and oxygen atoms in total. The van der Waals surface area contributed by atoms with Crippen molar-refractivity contribution in [3.8, 4) is 0 Å². The lowest BCUT2D eigenvalue weighted by Gasteiger charge is -2.26. The number of aliphatic hydroxyl groups is 3. The van der Waals surface area contributed by atoms with Gasteiger partial charge in [-0.1, -0.05) is 13.8 Å². The van der Waals surface area contributed by atoms with Crippen LogP contribution >= 0.6 is 7.60 Å². The zero-order valence-corrected chi connectivity index (χ0v) is 16.1. The van der Waals surface area contributed by atoms with Gasteiger partial charge in [-0.05, 0) is 19.3 Å². The number of aliphatic hydroxyl groups excluding tert-OH is 3. The molecule has 1 aromatic heterocycles. The molecule has 0 aliphatic carbocycles. The Morgan fingerprint density at radius 1 is 1.26 bits per heavy atom. The highest BCUT2D eigenvalue weighted by Crippen LogP contribution is 2.49. The summed E-state index contributed by atoms with van der Waals surface area (Å²) in [4.78, 5) is 34.8. The summed E-state index contributed by atoms with van der Waals surface area (Å²) < 4.78 is 23.4. The molecule has 1 aromatic rings. The molecule has 1 rings (SSSR count). The van der Waals surface area contributed by atoms with Crippen molar-refractivity contribution >= 4 is 7.60 Å². The standard InChI is InChI=1S/C15H27N2O9P/c1-3-10(26-27(23,24)13(21)4-2)6-8-25-14(11(19)9-18)17-7-5-12(20)16-15(17)22/h5,7,10-11,13-14,18-19,21H,3-4,6,8-9H2,1-2H3,(H,23,24)(H,16,20,22)/t10?,11-,13?,14?/m1/s1. The van der Waals surface area contributed by atoms with Gasteiger partial charge in [0.25, 0.3) is 5.56 Å². The summed E-state index contributed by atoms with van der Waals surface area (Å²) in [5.41, 5.74) is -1.45. The first-order valence-electron chi connectivity index (χ1n) is 8.57. The van der Waals surface area contributed by atoms with Crippen molar-refractivity contribution in [2.45, 2.75) is 57.4 Å². The summed E-state index contributed by atoms with van der Waals surface area (Å²) >= 11 is 0. The van der Waals surface area contributed by atoms with Crippen LogP contribution in [0.4, 0.5) is 0 Å². The van der Waals surface area contributed by atoms with Gasteiger partial charge in [0, 0.05) is 12.3 Å². The lowest BCUT2D eigenvalue weighted by atomic mass is 10.2. The van der Waals surface area contributed by atoms with Crippen LogP contribution in [0.15, 0.2) is 21.9 Å². The van der Waals surface area contributed by atoms with E-state index < -0.39 is 49.7 Å². The molecule has 5 atom stereocenters. The molecule has 0 saturated carbocycles. The SMILES string of the molecule is CCC(CCOC([C@H](O)CO)n1ccc(=O)[nH]c1=O)OP(=O)(O)C(O)CC. The molecule has 0 fully saturated rings. The van der Waals surface area contributed by atoms with Crippen molar-refractivity contribution in [3.05, 3.63) is 33.1 Å². The lowest BCUT2D eigenvalue weighted by Crippen LogP contribution is -2.39. The minimum atomic E-state index is -4.20. The second-order valence-electron chi connectivity index (χ2n) is 5.91. The van der Waals surface area contributed by atoms with Crippen LogP contribution in [0.5, 0.6) is 0 Å². The largest absolute Gasteiger partial charge is 0.394 e. The van der Waals surface area contributed by atoms with Crippen LogP contribution in [0.3, 0.4) is 0 Å². The first-order chi connectivity index (χ1) is 12.7. The van der Waals surface area contributed by atoms with E-state index in [1.54, 1.807) is 13.8 Å². The number of aromatic amines is 1. The molecule has 27 heavy (non-hydrogen) atoms. The molecule has 1 heterocycles. The fourth-order valence-electron chi connectivity index (χ4n) is 2.26. The van der Waals surface area contributed by atoms with E-state index in [0.29, 0.717) is 6.42 Å². The molecular weight excluding hydrogens is 383 g/mol. The molecule has 0 aliphatic heterocycles. The van der Waals surface area contributed by atoms with E-state index in [0.717, 1.165) is 16.8 Å². The van der Waals surface area contributed by atoms with Crippen molar-refractivity contribution in [1.29, 1.82) is 0 Å². The van der Waals surface area contributed by atoms with Crippen LogP contribution in [0.1, 0.15) is 39.3 Å². The minimum Gasteiger partial charge on any atom is -0.394 e. The van der Waals surface area contributed by atoms with Crippen molar-refractivity contribution in [2.75, 3.05) is 13.2 Å². The smallest absolute Gasteiger partial charge is 0.356 e. The summed E-state index contributed by atoms with van der Waals surface area (Å²) in [5, 5.41) is 28.6. The number of nitrogens with zero attached hydrogens (tertiary/aromatic N) is 1. The molecule has 0 aliphatic rings. The Bertz CT molecular complexity index is 734. The predicted molar refractivity (Wildman–Crippen MR) is 95.3 cm³/mol. The van der Waals surface area contributed by atoms with Gasteiger partial charge in [-0.3, -0.25) is 18.9 Å². The Morgan fingerprint density at radius 3 is 2.44 bits per heavy atom. The number of aromatic nitrogens is 2. The Hall–Kier alpha value is -1.33. The van der Waals surface area contributed by atoms with Crippen molar-refractivity contribution in [3.63, 3.8) is 0 Å². The number of hydrogen-bond donors (Lipinski definition) is 5. The highest BCUT2D eigenvalue weighted by molar-refractivity contribution is 7.53. The third-order valence-electron chi connectivity index (χ3n) is 3.87. The number of rotatable bonds is 12. The Kier molecular flexibility index (Phi) is 9.54. The fraction of sp³-hybridized carbons (Fsp3) is 0.733. The highest BCUT2D eigenvalue weighted by atomic mass is 31.2. The molecule has 0 aromatic carbocycles. The number of ether oxygens (including phenoxy) is 1. The quantitative estimate of drug-likeness (QED) is 0.285. The number of hydrogen-bond acceptors (Lipinski definition) is 8. The van der Waals surface area contributed by atoms with Gasteiger partial charge in [-0.2, -0.15) is 0 Å². The maximum Gasteiger partial charge on any atom is 0.356 e. The molecule has 0 bridgehead atoms. The maximum absolute atomic E-state index is 12.0. The van der Waals surface area contributed by atoms with E-state index in [-0.39, 0.29) is 19.4 Å². The van der Waals surface area contributed by atoms with Crippen molar-refractivity contribution < 1.29 is 34.0 Å². The van der Waals surface area contributed by atoms with Gasteiger partial charge in [-0.25, -0.2) is 4.79 Å². The molecule has 0 radical (unpaired) electrons. The van der Waals surface area contributed by atoms with Gasteiger partial charge in [0.1, 0.15) is 6.10 Å². The summed E-state index contributed by atoms with van der Waals surface area (Å²) in [5.74, 6) is -1.49. The Labute approximate surface area is 155 Å². The second-order valence-corrected chi connectivity index (χ2v) is 7.84. The summed E-state index contributed by atoms with van der Waals surface area (Å²) in [7, 11) is -4.20. The van der Waals surface area contributed by atoms with Crippen molar-refractivity contribution in [1.82, 2.24) is 9.55 Å². The predicted octanol–water partition coefficient (Wildman–Crippen LogP) is -0.496. The van der Waals surface area contributed by atoms with E-state index in [2.05, 4.69) is 0 Å². The summed E-state index contributed by atoms with van der Waals surface area (Å²) in [6.45, 7) is 2.48. The first-order valence-corrected chi connectivity index (χ1v) is 10.2. The molecule has 4 unspecified atom stereocenters. The molecule has 0 spiro atoms. The molecule has 5 N–H and O–H groups in total. The fourth-order valence-corrected chi connectivity index (χ4v) is 3.54.